The summed E-state index contributed by atoms with van der Waals surface area (Å²) in [5.74, 6) is 0. The fraction of sp³-hybridized carbons (Fsp3) is 0.143. The molecule has 0 spiro atoms. The molecule has 0 aliphatic heterocycles. The van der Waals surface area contributed by atoms with Gasteiger partial charge in [-0.3, -0.25) is 0 Å². The quantitative estimate of drug-likeness (QED) is 0.448. The van der Waals surface area contributed by atoms with Gasteiger partial charge in [0.05, 0.1) is 4.90 Å². The van der Waals surface area contributed by atoms with E-state index in [0.717, 1.165) is 16.3 Å². The molecule has 0 saturated carbocycles. The van der Waals surface area contributed by atoms with Gasteiger partial charge in [-0.05, 0) is 35.7 Å². The largest absolute Gasteiger partial charge is 1.00 e. The van der Waals surface area contributed by atoms with Crippen LogP contribution >= 0.6 is 0 Å². The van der Waals surface area contributed by atoms with E-state index < -0.39 is 10.1 Å². The molecular formula is C14H13NaO3S. The van der Waals surface area contributed by atoms with E-state index in [9.17, 15) is 13.0 Å². The van der Waals surface area contributed by atoms with Crippen molar-refractivity contribution in [2.75, 3.05) is 0 Å². The number of hydrogen-bond donors (Lipinski definition) is 0. The van der Waals surface area contributed by atoms with Crippen molar-refractivity contribution in [1.29, 1.82) is 0 Å². The van der Waals surface area contributed by atoms with Gasteiger partial charge in [0, 0.05) is 0 Å². The SMILES string of the molecule is C=C(C)Cc1c(S(=O)(=O)[O-])ccc2ccccc12.[Na+]. The van der Waals surface area contributed by atoms with Crippen LogP contribution < -0.4 is 29.6 Å². The van der Waals surface area contributed by atoms with Crippen LogP contribution in [0.15, 0.2) is 53.4 Å². The average molecular weight is 284 g/mol. The van der Waals surface area contributed by atoms with E-state index in [1.807, 2.05) is 31.2 Å². The summed E-state index contributed by atoms with van der Waals surface area (Å²) in [4.78, 5) is -0.149. The third-order valence-electron chi connectivity index (χ3n) is 2.75. The molecule has 0 bridgehead atoms. The van der Waals surface area contributed by atoms with Crippen molar-refractivity contribution in [1.82, 2.24) is 0 Å². The van der Waals surface area contributed by atoms with Crippen molar-refractivity contribution < 1.29 is 42.5 Å². The zero-order valence-electron chi connectivity index (χ0n) is 11.0. The van der Waals surface area contributed by atoms with Gasteiger partial charge in [0.2, 0.25) is 0 Å². The molecule has 19 heavy (non-hydrogen) atoms. The molecule has 0 aliphatic carbocycles. The smallest absolute Gasteiger partial charge is 0.744 e. The van der Waals surface area contributed by atoms with Crippen molar-refractivity contribution in [3.8, 4) is 0 Å². The molecule has 0 heterocycles. The van der Waals surface area contributed by atoms with Crippen molar-refractivity contribution in [2.45, 2.75) is 18.2 Å². The van der Waals surface area contributed by atoms with Crippen LogP contribution in [0.1, 0.15) is 12.5 Å². The summed E-state index contributed by atoms with van der Waals surface area (Å²) in [5, 5.41) is 1.71. The molecular weight excluding hydrogens is 271 g/mol. The number of hydrogen-bond acceptors (Lipinski definition) is 3. The van der Waals surface area contributed by atoms with Gasteiger partial charge in [-0.25, -0.2) is 8.42 Å². The van der Waals surface area contributed by atoms with Gasteiger partial charge in [-0.15, -0.1) is 0 Å². The zero-order valence-corrected chi connectivity index (χ0v) is 13.8. The van der Waals surface area contributed by atoms with Gasteiger partial charge in [0.1, 0.15) is 10.1 Å². The van der Waals surface area contributed by atoms with Gasteiger partial charge < -0.3 is 4.55 Å². The minimum atomic E-state index is -4.46. The maximum absolute atomic E-state index is 11.3. The first kappa shape index (κ1) is 16.4. The molecule has 0 aliphatic rings. The van der Waals surface area contributed by atoms with Gasteiger partial charge >= 0.3 is 29.6 Å². The topological polar surface area (TPSA) is 57.2 Å². The van der Waals surface area contributed by atoms with Gasteiger partial charge in [0.25, 0.3) is 0 Å². The molecule has 2 aromatic rings. The van der Waals surface area contributed by atoms with Gasteiger partial charge in [-0.1, -0.05) is 42.5 Å². The molecule has 0 atom stereocenters. The second kappa shape index (κ2) is 6.20. The number of allylic oxidation sites excluding steroid dienone is 1. The molecule has 2 aromatic carbocycles. The first-order chi connectivity index (χ1) is 8.39. The molecule has 0 fully saturated rings. The normalized spacial score (nSPS) is 11.1. The summed E-state index contributed by atoms with van der Waals surface area (Å²) in [6.45, 7) is 5.59. The number of fused-ring (bicyclic) bond motifs is 1. The van der Waals surface area contributed by atoms with E-state index in [1.54, 1.807) is 6.07 Å². The van der Waals surface area contributed by atoms with Crippen molar-refractivity contribution in [3.05, 3.63) is 54.1 Å². The van der Waals surface area contributed by atoms with Crippen LogP contribution in [0.25, 0.3) is 10.8 Å². The zero-order chi connectivity index (χ0) is 13.3. The van der Waals surface area contributed by atoms with Crippen LogP contribution in [-0.4, -0.2) is 13.0 Å². The summed E-state index contributed by atoms with van der Waals surface area (Å²) in [7, 11) is -4.46. The third kappa shape index (κ3) is 3.68. The van der Waals surface area contributed by atoms with Crippen LogP contribution in [0.5, 0.6) is 0 Å². The van der Waals surface area contributed by atoms with Gasteiger partial charge in [0.15, 0.2) is 0 Å². The molecule has 3 nitrogen and oxygen atoms in total. The molecule has 5 heteroatoms. The van der Waals surface area contributed by atoms with E-state index in [0.29, 0.717) is 12.0 Å². The van der Waals surface area contributed by atoms with E-state index in [1.165, 1.54) is 6.07 Å². The van der Waals surface area contributed by atoms with Crippen molar-refractivity contribution in [2.24, 2.45) is 0 Å². The summed E-state index contributed by atoms with van der Waals surface area (Å²) >= 11 is 0. The Hall–Kier alpha value is -0.650. The first-order valence-corrected chi connectivity index (χ1v) is 6.91. The van der Waals surface area contributed by atoms with E-state index in [4.69, 9.17) is 0 Å². The van der Waals surface area contributed by atoms with Crippen LogP contribution in [0, 0.1) is 0 Å². The Morgan fingerprint density at radius 1 is 1.21 bits per heavy atom. The summed E-state index contributed by atoms with van der Waals surface area (Å²) in [6.07, 6.45) is 0.387. The van der Waals surface area contributed by atoms with Gasteiger partial charge in [-0.2, -0.15) is 0 Å². The van der Waals surface area contributed by atoms with Crippen LogP contribution in [-0.2, 0) is 16.5 Å². The van der Waals surface area contributed by atoms with Crippen molar-refractivity contribution in [3.63, 3.8) is 0 Å². The molecule has 0 radical (unpaired) electrons. The Morgan fingerprint density at radius 3 is 2.42 bits per heavy atom. The summed E-state index contributed by atoms with van der Waals surface area (Å²) in [6, 6.07) is 10.4. The monoisotopic (exact) mass is 284 g/mol. The molecule has 0 N–H and O–H groups in total. The van der Waals surface area contributed by atoms with E-state index in [2.05, 4.69) is 6.58 Å². The Kier molecular flexibility index (Phi) is 5.35. The van der Waals surface area contributed by atoms with Crippen LogP contribution in [0.4, 0.5) is 0 Å². The van der Waals surface area contributed by atoms with E-state index in [-0.39, 0.29) is 34.5 Å². The predicted octanol–water partition coefficient (Wildman–Crippen LogP) is -0.133. The van der Waals surface area contributed by atoms with Crippen LogP contribution in [0.2, 0.25) is 0 Å². The minimum absolute atomic E-state index is 0. The predicted molar refractivity (Wildman–Crippen MR) is 70.4 cm³/mol. The second-order valence-corrected chi connectivity index (χ2v) is 5.70. The third-order valence-corrected chi connectivity index (χ3v) is 3.67. The number of benzene rings is 2. The van der Waals surface area contributed by atoms with Crippen molar-refractivity contribution >= 4 is 20.9 Å². The van der Waals surface area contributed by atoms with Crippen LogP contribution in [0.3, 0.4) is 0 Å². The molecule has 0 amide bonds. The average Bonchev–Trinajstić information content (AvgIpc) is 2.27. The fourth-order valence-corrected chi connectivity index (χ4v) is 2.75. The number of rotatable bonds is 3. The molecule has 0 unspecified atom stereocenters. The summed E-state index contributed by atoms with van der Waals surface area (Å²) in [5.41, 5.74) is 1.35. The summed E-state index contributed by atoms with van der Waals surface area (Å²) < 4.78 is 33.9. The maximum Gasteiger partial charge on any atom is 1.00 e. The molecule has 94 valence electrons. The Labute approximate surface area is 135 Å². The first-order valence-electron chi connectivity index (χ1n) is 5.50. The maximum atomic E-state index is 11.3. The minimum Gasteiger partial charge on any atom is -0.744 e. The molecule has 0 saturated heterocycles. The second-order valence-electron chi connectivity index (χ2n) is 4.35. The standard InChI is InChI=1S/C14H14O3S.Na/c1-10(2)9-13-12-6-4-3-5-11(12)7-8-14(13)18(15,16)17;/h3-8H,1,9H2,2H3,(H,15,16,17);/q;+1/p-1. The Morgan fingerprint density at radius 2 is 1.84 bits per heavy atom. The molecule has 0 aromatic heterocycles. The Balaban J connectivity index is 0.00000180. The Bertz CT molecular complexity index is 721. The molecule has 2 rings (SSSR count). The van der Waals surface area contributed by atoms with E-state index >= 15 is 0 Å². The fourth-order valence-electron chi connectivity index (χ4n) is 2.03.